The van der Waals surface area contributed by atoms with E-state index in [2.05, 4.69) is 31.6 Å². The first kappa shape index (κ1) is 17.9. The molecule has 0 N–H and O–H groups in total. The number of amides is 1. The molecule has 3 heterocycles. The molecule has 0 aromatic carbocycles. The van der Waals surface area contributed by atoms with Crippen LogP contribution < -0.4 is 0 Å². The smallest absolute Gasteiger partial charge is 0.222 e. The van der Waals surface area contributed by atoms with Gasteiger partial charge in [-0.1, -0.05) is 12.8 Å². The van der Waals surface area contributed by atoms with Crippen molar-refractivity contribution in [2.45, 2.75) is 51.0 Å². The summed E-state index contributed by atoms with van der Waals surface area (Å²) in [7, 11) is 2.07. The van der Waals surface area contributed by atoms with E-state index in [1.165, 1.54) is 12.8 Å². The highest BCUT2D eigenvalue weighted by molar-refractivity contribution is 5.76. The Labute approximate surface area is 155 Å². The van der Waals surface area contributed by atoms with Crippen LogP contribution in [0.15, 0.2) is 0 Å². The molecule has 1 aromatic heterocycles. The summed E-state index contributed by atoms with van der Waals surface area (Å²) in [5.74, 6) is 3.51. The van der Waals surface area contributed by atoms with Crippen LogP contribution in [0.25, 0.3) is 0 Å². The Bertz CT molecular complexity index is 621. The van der Waals surface area contributed by atoms with E-state index in [4.69, 9.17) is 4.74 Å². The lowest BCUT2D eigenvalue weighted by Gasteiger charge is -2.32. The highest BCUT2D eigenvalue weighted by Gasteiger charge is 2.30. The molecule has 7 nitrogen and oxygen atoms in total. The van der Waals surface area contributed by atoms with Gasteiger partial charge in [-0.05, 0) is 25.2 Å². The summed E-state index contributed by atoms with van der Waals surface area (Å²) < 4.78 is 7.57. The van der Waals surface area contributed by atoms with Crippen molar-refractivity contribution in [2.24, 2.45) is 13.0 Å². The molecule has 7 heteroatoms. The quantitative estimate of drug-likeness (QED) is 0.769. The van der Waals surface area contributed by atoms with Gasteiger partial charge in [0, 0.05) is 45.6 Å². The van der Waals surface area contributed by atoms with Gasteiger partial charge in [0.25, 0.3) is 0 Å². The fourth-order valence-corrected chi connectivity index (χ4v) is 4.13. The lowest BCUT2D eigenvalue weighted by atomic mass is 9.96. The number of carbonyl (C=O) groups excluding carboxylic acids is 1. The molecule has 3 fully saturated rings. The molecule has 0 unspecified atom stereocenters. The van der Waals surface area contributed by atoms with Gasteiger partial charge in [-0.3, -0.25) is 9.69 Å². The van der Waals surface area contributed by atoms with Crippen LogP contribution >= 0.6 is 0 Å². The zero-order valence-electron chi connectivity index (χ0n) is 15.9. The number of rotatable bonds is 6. The first-order valence-electron chi connectivity index (χ1n) is 10.2. The van der Waals surface area contributed by atoms with E-state index in [9.17, 15) is 4.79 Å². The second-order valence-corrected chi connectivity index (χ2v) is 8.08. The van der Waals surface area contributed by atoms with Crippen molar-refractivity contribution < 1.29 is 9.53 Å². The summed E-state index contributed by atoms with van der Waals surface area (Å²) in [6, 6.07) is 0. The maximum Gasteiger partial charge on any atom is 0.222 e. The number of carbonyl (C=O) groups is 1. The molecular weight excluding hydrogens is 330 g/mol. The van der Waals surface area contributed by atoms with Crippen LogP contribution in [-0.2, 0) is 23.1 Å². The Kier molecular flexibility index (Phi) is 5.55. The minimum atomic E-state index is 0.310. The van der Waals surface area contributed by atoms with Crippen molar-refractivity contribution in [3.8, 4) is 0 Å². The van der Waals surface area contributed by atoms with E-state index < -0.39 is 0 Å². The molecule has 2 aliphatic heterocycles. The highest BCUT2D eigenvalue weighted by Crippen LogP contribution is 2.34. The molecule has 0 spiro atoms. The standard InChI is InChI=1S/C19H31N5O2/c1-22-17(14-23-9-11-26-12-10-23)20-21-19(22)16-3-2-8-24(13-16)18(25)7-6-15-4-5-15/h15-16H,2-14H2,1H3/t16-/m1/s1. The first-order chi connectivity index (χ1) is 12.7. The van der Waals surface area contributed by atoms with Crippen LogP contribution in [0.1, 0.15) is 56.1 Å². The minimum Gasteiger partial charge on any atom is -0.379 e. The topological polar surface area (TPSA) is 63.5 Å². The van der Waals surface area contributed by atoms with E-state index in [-0.39, 0.29) is 0 Å². The van der Waals surface area contributed by atoms with Gasteiger partial charge in [-0.2, -0.15) is 0 Å². The SMILES string of the molecule is Cn1c(CN2CCOCC2)nnc1[C@@H]1CCCN(C(=O)CCC2CC2)C1. The lowest BCUT2D eigenvalue weighted by Crippen LogP contribution is -2.39. The summed E-state index contributed by atoms with van der Waals surface area (Å²) in [6.07, 6.45) is 6.59. The highest BCUT2D eigenvalue weighted by atomic mass is 16.5. The van der Waals surface area contributed by atoms with Gasteiger partial charge < -0.3 is 14.2 Å². The maximum atomic E-state index is 12.5. The molecule has 4 rings (SSSR count). The lowest BCUT2D eigenvalue weighted by molar-refractivity contribution is -0.132. The zero-order chi connectivity index (χ0) is 17.9. The van der Waals surface area contributed by atoms with E-state index >= 15 is 0 Å². The molecular formula is C19H31N5O2. The molecule has 144 valence electrons. The van der Waals surface area contributed by atoms with Gasteiger partial charge in [-0.15, -0.1) is 10.2 Å². The van der Waals surface area contributed by atoms with Crippen molar-refractivity contribution in [3.05, 3.63) is 11.6 Å². The molecule has 1 aromatic rings. The van der Waals surface area contributed by atoms with Gasteiger partial charge in [0.05, 0.1) is 19.8 Å². The molecule has 1 saturated carbocycles. The molecule has 1 atom stereocenters. The van der Waals surface area contributed by atoms with Crippen molar-refractivity contribution in [3.63, 3.8) is 0 Å². The largest absolute Gasteiger partial charge is 0.379 e. The van der Waals surface area contributed by atoms with E-state index in [1.54, 1.807) is 0 Å². The van der Waals surface area contributed by atoms with Gasteiger partial charge in [0.15, 0.2) is 0 Å². The van der Waals surface area contributed by atoms with Crippen LogP contribution in [0.5, 0.6) is 0 Å². The Hall–Kier alpha value is -1.47. The number of piperidine rings is 1. The number of likely N-dealkylation sites (tertiary alicyclic amines) is 1. The molecule has 1 amide bonds. The summed E-state index contributed by atoms with van der Waals surface area (Å²) in [5.41, 5.74) is 0. The predicted octanol–water partition coefficient (Wildman–Crippen LogP) is 1.54. The molecule has 2 saturated heterocycles. The minimum absolute atomic E-state index is 0.310. The van der Waals surface area contributed by atoms with Crippen molar-refractivity contribution in [2.75, 3.05) is 39.4 Å². The summed E-state index contributed by atoms with van der Waals surface area (Å²) in [6.45, 7) is 6.02. The molecule has 26 heavy (non-hydrogen) atoms. The fourth-order valence-electron chi connectivity index (χ4n) is 4.13. The van der Waals surface area contributed by atoms with Crippen molar-refractivity contribution in [1.29, 1.82) is 0 Å². The number of aromatic nitrogens is 3. The average Bonchev–Trinajstić information content (AvgIpc) is 3.44. The van der Waals surface area contributed by atoms with Gasteiger partial charge >= 0.3 is 0 Å². The third kappa shape index (κ3) is 4.26. The van der Waals surface area contributed by atoms with E-state index in [1.807, 2.05) is 0 Å². The number of hydrogen-bond donors (Lipinski definition) is 0. The first-order valence-corrected chi connectivity index (χ1v) is 10.2. The second kappa shape index (κ2) is 8.05. The Morgan fingerprint density at radius 1 is 1.15 bits per heavy atom. The fraction of sp³-hybridized carbons (Fsp3) is 0.842. The Morgan fingerprint density at radius 3 is 2.73 bits per heavy atom. The Balaban J connectivity index is 1.36. The third-order valence-electron chi connectivity index (χ3n) is 6.07. The molecule has 0 bridgehead atoms. The third-order valence-corrected chi connectivity index (χ3v) is 6.07. The average molecular weight is 361 g/mol. The van der Waals surface area contributed by atoms with Crippen LogP contribution in [-0.4, -0.2) is 69.9 Å². The number of morpholine rings is 1. The second-order valence-electron chi connectivity index (χ2n) is 8.08. The molecule has 0 radical (unpaired) electrons. The summed E-state index contributed by atoms with van der Waals surface area (Å²) >= 11 is 0. The monoisotopic (exact) mass is 361 g/mol. The number of nitrogens with zero attached hydrogens (tertiary/aromatic N) is 5. The van der Waals surface area contributed by atoms with Crippen molar-refractivity contribution in [1.82, 2.24) is 24.6 Å². The number of ether oxygens (including phenoxy) is 1. The normalized spacial score (nSPS) is 24.8. The van der Waals surface area contributed by atoms with Crippen LogP contribution in [0.2, 0.25) is 0 Å². The molecule has 3 aliphatic rings. The zero-order valence-corrected chi connectivity index (χ0v) is 15.9. The van der Waals surface area contributed by atoms with Crippen LogP contribution in [0.4, 0.5) is 0 Å². The molecule has 1 aliphatic carbocycles. The van der Waals surface area contributed by atoms with Gasteiger partial charge in [0.1, 0.15) is 11.6 Å². The van der Waals surface area contributed by atoms with E-state index in [0.717, 1.165) is 89.2 Å². The van der Waals surface area contributed by atoms with Crippen molar-refractivity contribution >= 4 is 5.91 Å². The predicted molar refractivity (Wildman–Crippen MR) is 97.6 cm³/mol. The van der Waals surface area contributed by atoms with E-state index in [0.29, 0.717) is 11.8 Å². The van der Waals surface area contributed by atoms with Gasteiger partial charge in [-0.25, -0.2) is 0 Å². The Morgan fingerprint density at radius 2 is 1.96 bits per heavy atom. The van der Waals surface area contributed by atoms with Gasteiger partial charge in [0.2, 0.25) is 5.91 Å². The van der Waals surface area contributed by atoms with Crippen LogP contribution in [0.3, 0.4) is 0 Å². The summed E-state index contributed by atoms with van der Waals surface area (Å²) in [4.78, 5) is 17.0. The summed E-state index contributed by atoms with van der Waals surface area (Å²) in [5, 5.41) is 8.95. The van der Waals surface area contributed by atoms with Crippen LogP contribution in [0, 0.1) is 5.92 Å². The number of hydrogen-bond acceptors (Lipinski definition) is 5. The maximum absolute atomic E-state index is 12.5.